The van der Waals surface area contributed by atoms with Crippen molar-refractivity contribution in [2.75, 3.05) is 0 Å². The molecular weight excluding hydrogens is 166 g/mol. The van der Waals surface area contributed by atoms with Crippen LogP contribution in [0.1, 0.15) is 32.1 Å². The Hall–Kier alpha value is -0.800. The normalized spacial score (nSPS) is 16.1. The van der Waals surface area contributed by atoms with E-state index in [0.717, 1.165) is 6.42 Å². The van der Waals surface area contributed by atoms with E-state index in [1.165, 1.54) is 0 Å². The molecule has 1 heterocycles. The molecule has 74 valence electrons. The zero-order valence-electron chi connectivity index (χ0n) is 8.10. The minimum Gasteiger partial charge on any atom is -0.467 e. The lowest BCUT2D eigenvalue weighted by Crippen LogP contribution is -2.29. The number of furan rings is 1. The predicted octanol–water partition coefficient (Wildman–Crippen LogP) is 1.69. The van der Waals surface area contributed by atoms with Gasteiger partial charge in [-0.15, -0.1) is 0 Å². The average molecular weight is 183 g/mol. The third-order valence-corrected chi connectivity index (χ3v) is 1.98. The van der Waals surface area contributed by atoms with E-state index >= 15 is 0 Å². The summed E-state index contributed by atoms with van der Waals surface area (Å²) in [6.45, 7) is 4.16. The van der Waals surface area contributed by atoms with Gasteiger partial charge in [0.1, 0.15) is 11.9 Å². The van der Waals surface area contributed by atoms with Crippen LogP contribution in [-0.4, -0.2) is 11.1 Å². The molecule has 0 aromatic carbocycles. The summed E-state index contributed by atoms with van der Waals surface area (Å²) in [5, 5.41) is 9.71. The number of hydrogen-bond donors (Lipinski definition) is 2. The molecular formula is C10H17NO2. The first-order chi connectivity index (χ1) is 6.11. The molecule has 0 aliphatic rings. The van der Waals surface area contributed by atoms with Crippen LogP contribution in [0.4, 0.5) is 0 Å². The average Bonchev–Trinajstić information content (AvgIpc) is 2.53. The molecule has 0 saturated carbocycles. The quantitative estimate of drug-likeness (QED) is 0.746. The highest BCUT2D eigenvalue weighted by Crippen LogP contribution is 2.19. The minimum atomic E-state index is -0.683. The lowest BCUT2D eigenvalue weighted by atomic mass is 9.99. The summed E-state index contributed by atoms with van der Waals surface area (Å²) in [6, 6.07) is 3.25. The maximum Gasteiger partial charge on any atom is 0.133 e. The molecule has 3 N–H and O–H groups in total. The molecule has 0 radical (unpaired) electrons. The third kappa shape index (κ3) is 2.86. The van der Waals surface area contributed by atoms with Gasteiger partial charge < -0.3 is 15.3 Å². The van der Waals surface area contributed by atoms with Gasteiger partial charge in [0.2, 0.25) is 0 Å². The molecule has 0 unspecified atom stereocenters. The number of hydrogen-bond acceptors (Lipinski definition) is 3. The van der Waals surface area contributed by atoms with Gasteiger partial charge >= 0.3 is 0 Å². The zero-order valence-corrected chi connectivity index (χ0v) is 8.10. The number of nitrogens with two attached hydrogens (primary N) is 1. The molecule has 2 atom stereocenters. The van der Waals surface area contributed by atoms with Crippen LogP contribution in [0.3, 0.4) is 0 Å². The molecule has 0 spiro atoms. The lowest BCUT2D eigenvalue weighted by Gasteiger charge is -2.18. The Bertz CT molecular complexity index is 231. The predicted molar refractivity (Wildman–Crippen MR) is 51.1 cm³/mol. The van der Waals surface area contributed by atoms with Crippen LogP contribution in [0.2, 0.25) is 0 Å². The van der Waals surface area contributed by atoms with Crippen molar-refractivity contribution in [3.63, 3.8) is 0 Å². The molecule has 3 heteroatoms. The first-order valence-corrected chi connectivity index (χ1v) is 4.58. The zero-order chi connectivity index (χ0) is 9.84. The largest absolute Gasteiger partial charge is 0.467 e. The first kappa shape index (κ1) is 10.3. The molecule has 1 aromatic heterocycles. The SMILES string of the molecule is CC(C)C[C@@H](N)[C@H](O)c1ccco1. The van der Waals surface area contributed by atoms with Crippen LogP contribution in [0.5, 0.6) is 0 Å². The van der Waals surface area contributed by atoms with Crippen LogP contribution in [0.15, 0.2) is 22.8 Å². The van der Waals surface area contributed by atoms with Crippen molar-refractivity contribution in [2.45, 2.75) is 32.4 Å². The third-order valence-electron chi connectivity index (χ3n) is 1.98. The van der Waals surface area contributed by atoms with E-state index in [-0.39, 0.29) is 6.04 Å². The fraction of sp³-hybridized carbons (Fsp3) is 0.600. The fourth-order valence-electron chi connectivity index (χ4n) is 1.34. The summed E-state index contributed by atoms with van der Waals surface area (Å²) in [5.74, 6) is 1.03. The van der Waals surface area contributed by atoms with Crippen molar-refractivity contribution < 1.29 is 9.52 Å². The highest BCUT2D eigenvalue weighted by atomic mass is 16.4. The summed E-state index contributed by atoms with van der Waals surface area (Å²) in [4.78, 5) is 0. The lowest BCUT2D eigenvalue weighted by molar-refractivity contribution is 0.112. The molecule has 0 amide bonds. The van der Waals surface area contributed by atoms with Crippen molar-refractivity contribution in [1.29, 1.82) is 0 Å². The van der Waals surface area contributed by atoms with Gasteiger partial charge in [-0.1, -0.05) is 13.8 Å². The molecule has 0 fully saturated rings. The Morgan fingerprint density at radius 2 is 2.23 bits per heavy atom. The van der Waals surface area contributed by atoms with Crippen molar-refractivity contribution >= 4 is 0 Å². The van der Waals surface area contributed by atoms with Crippen LogP contribution in [-0.2, 0) is 0 Å². The first-order valence-electron chi connectivity index (χ1n) is 4.58. The van der Waals surface area contributed by atoms with Gasteiger partial charge in [0.05, 0.1) is 6.26 Å². The second-order valence-corrected chi connectivity index (χ2v) is 3.75. The Kier molecular flexibility index (Phi) is 3.51. The summed E-state index contributed by atoms with van der Waals surface area (Å²) >= 11 is 0. The van der Waals surface area contributed by atoms with Crippen LogP contribution < -0.4 is 5.73 Å². The Morgan fingerprint density at radius 3 is 2.69 bits per heavy atom. The fourth-order valence-corrected chi connectivity index (χ4v) is 1.34. The summed E-state index contributed by atoms with van der Waals surface area (Å²) in [6.07, 6.45) is 1.65. The second-order valence-electron chi connectivity index (χ2n) is 3.75. The smallest absolute Gasteiger partial charge is 0.133 e. The van der Waals surface area contributed by atoms with E-state index in [1.54, 1.807) is 18.4 Å². The van der Waals surface area contributed by atoms with Crippen molar-refractivity contribution in [1.82, 2.24) is 0 Å². The number of aliphatic hydroxyl groups is 1. The van der Waals surface area contributed by atoms with Gasteiger partial charge in [-0.2, -0.15) is 0 Å². The van der Waals surface area contributed by atoms with Crippen molar-refractivity contribution in [2.24, 2.45) is 11.7 Å². The van der Waals surface area contributed by atoms with E-state index in [9.17, 15) is 5.11 Å². The molecule has 3 nitrogen and oxygen atoms in total. The second kappa shape index (κ2) is 4.44. The highest BCUT2D eigenvalue weighted by Gasteiger charge is 2.19. The monoisotopic (exact) mass is 183 g/mol. The number of aliphatic hydroxyl groups excluding tert-OH is 1. The van der Waals surface area contributed by atoms with Crippen LogP contribution >= 0.6 is 0 Å². The van der Waals surface area contributed by atoms with Crippen LogP contribution in [0, 0.1) is 5.92 Å². The molecule has 0 aliphatic carbocycles. The maximum absolute atomic E-state index is 9.71. The maximum atomic E-state index is 9.71. The van der Waals surface area contributed by atoms with E-state index in [4.69, 9.17) is 10.2 Å². The van der Waals surface area contributed by atoms with Gasteiger partial charge in [0.15, 0.2) is 0 Å². The standard InChI is InChI=1S/C10H17NO2/c1-7(2)6-8(11)10(12)9-4-3-5-13-9/h3-5,7-8,10,12H,6,11H2,1-2H3/t8-,10+/m1/s1. The van der Waals surface area contributed by atoms with Gasteiger partial charge in [0.25, 0.3) is 0 Å². The van der Waals surface area contributed by atoms with Gasteiger partial charge in [-0.05, 0) is 24.5 Å². The topological polar surface area (TPSA) is 59.4 Å². The highest BCUT2D eigenvalue weighted by molar-refractivity contribution is 5.04. The summed E-state index contributed by atoms with van der Waals surface area (Å²) in [5.41, 5.74) is 5.80. The van der Waals surface area contributed by atoms with Gasteiger partial charge in [0, 0.05) is 6.04 Å². The minimum absolute atomic E-state index is 0.244. The van der Waals surface area contributed by atoms with Gasteiger partial charge in [-0.25, -0.2) is 0 Å². The van der Waals surface area contributed by atoms with E-state index in [2.05, 4.69) is 13.8 Å². The van der Waals surface area contributed by atoms with Crippen molar-refractivity contribution in [3.8, 4) is 0 Å². The molecule has 1 aromatic rings. The van der Waals surface area contributed by atoms with E-state index in [0.29, 0.717) is 11.7 Å². The Morgan fingerprint density at radius 1 is 1.54 bits per heavy atom. The molecule has 1 rings (SSSR count). The van der Waals surface area contributed by atoms with Gasteiger partial charge in [-0.3, -0.25) is 0 Å². The van der Waals surface area contributed by atoms with E-state index in [1.807, 2.05) is 0 Å². The molecule has 0 saturated heterocycles. The van der Waals surface area contributed by atoms with Crippen molar-refractivity contribution in [3.05, 3.63) is 24.2 Å². The van der Waals surface area contributed by atoms with Crippen LogP contribution in [0.25, 0.3) is 0 Å². The number of rotatable bonds is 4. The Balaban J connectivity index is 2.52. The molecule has 13 heavy (non-hydrogen) atoms. The summed E-state index contributed by atoms with van der Waals surface area (Å²) < 4.78 is 5.07. The Labute approximate surface area is 78.5 Å². The summed E-state index contributed by atoms with van der Waals surface area (Å²) in [7, 11) is 0. The van der Waals surface area contributed by atoms with E-state index < -0.39 is 6.10 Å². The molecule has 0 aliphatic heterocycles. The molecule has 0 bridgehead atoms.